The van der Waals surface area contributed by atoms with E-state index in [1.165, 1.54) is 25.7 Å². The van der Waals surface area contributed by atoms with E-state index in [1.54, 1.807) is 0 Å². The maximum absolute atomic E-state index is 11.7. The molecule has 1 saturated carbocycles. The second-order valence-corrected chi connectivity index (χ2v) is 6.82. The first-order valence-electron chi connectivity index (χ1n) is 7.00. The van der Waals surface area contributed by atoms with Gasteiger partial charge in [0.05, 0.1) is 0 Å². The number of carbonyl (C=O) groups is 1. The van der Waals surface area contributed by atoms with Crippen LogP contribution in [0.5, 0.6) is 0 Å². The Hall–Kier alpha value is -0.530. The highest BCUT2D eigenvalue weighted by atomic mass is 16.6. The average molecular weight is 240 g/mol. The highest BCUT2D eigenvalue weighted by Crippen LogP contribution is 2.35. The lowest BCUT2D eigenvalue weighted by Crippen LogP contribution is -2.27. The van der Waals surface area contributed by atoms with Crippen molar-refractivity contribution in [1.82, 2.24) is 0 Å². The lowest BCUT2D eigenvalue weighted by atomic mass is 9.76. The molecular formula is C15H28O2. The highest BCUT2D eigenvalue weighted by molar-refractivity contribution is 5.70. The standard InChI is InChI=1S/C15H28O2/c1-11(2)13-8-6-12(7-9-13)10-14(16)17-15(3,4)5/h11-13H,6-10H2,1-5H3. The lowest BCUT2D eigenvalue weighted by Gasteiger charge is -2.31. The third kappa shape index (κ3) is 5.56. The number of carbonyl (C=O) groups excluding carboxylic acids is 1. The Labute approximate surface area is 106 Å². The smallest absolute Gasteiger partial charge is 0.306 e. The molecule has 17 heavy (non-hydrogen) atoms. The Kier molecular flexibility index (Phi) is 5.03. The van der Waals surface area contributed by atoms with Crippen LogP contribution >= 0.6 is 0 Å². The van der Waals surface area contributed by atoms with E-state index in [9.17, 15) is 4.79 Å². The van der Waals surface area contributed by atoms with Crippen LogP contribution in [0.25, 0.3) is 0 Å². The van der Waals surface area contributed by atoms with Crippen molar-refractivity contribution in [1.29, 1.82) is 0 Å². The summed E-state index contributed by atoms with van der Waals surface area (Å²) in [5, 5.41) is 0. The van der Waals surface area contributed by atoms with Crippen LogP contribution in [0.2, 0.25) is 0 Å². The van der Waals surface area contributed by atoms with Crippen LogP contribution in [-0.2, 0) is 9.53 Å². The van der Waals surface area contributed by atoms with Crippen molar-refractivity contribution in [2.24, 2.45) is 17.8 Å². The molecule has 0 N–H and O–H groups in total. The molecule has 1 aliphatic rings. The van der Waals surface area contributed by atoms with Gasteiger partial charge in [0.1, 0.15) is 5.60 Å². The fraction of sp³-hybridized carbons (Fsp3) is 0.933. The Morgan fingerprint density at radius 1 is 1.18 bits per heavy atom. The minimum absolute atomic E-state index is 0.0227. The SMILES string of the molecule is CC(C)C1CCC(CC(=O)OC(C)(C)C)CC1. The summed E-state index contributed by atoms with van der Waals surface area (Å²) < 4.78 is 5.38. The summed E-state index contributed by atoms with van der Waals surface area (Å²) in [5.41, 5.74) is -0.341. The van der Waals surface area contributed by atoms with Gasteiger partial charge in [-0.3, -0.25) is 4.79 Å². The Morgan fingerprint density at radius 3 is 2.12 bits per heavy atom. The summed E-state index contributed by atoms with van der Waals surface area (Å²) >= 11 is 0. The second kappa shape index (κ2) is 5.88. The minimum Gasteiger partial charge on any atom is -0.460 e. The first-order chi connectivity index (χ1) is 7.78. The predicted octanol–water partition coefficient (Wildman–Crippen LogP) is 4.18. The molecule has 0 aromatic rings. The summed E-state index contributed by atoms with van der Waals surface area (Å²) in [6, 6.07) is 0. The van der Waals surface area contributed by atoms with E-state index in [4.69, 9.17) is 4.74 Å². The van der Waals surface area contributed by atoms with E-state index in [0.717, 1.165) is 11.8 Å². The summed E-state index contributed by atoms with van der Waals surface area (Å²) in [7, 11) is 0. The van der Waals surface area contributed by atoms with E-state index in [2.05, 4.69) is 13.8 Å². The van der Waals surface area contributed by atoms with Gasteiger partial charge in [-0.15, -0.1) is 0 Å². The summed E-state index contributed by atoms with van der Waals surface area (Å²) in [6.45, 7) is 10.4. The molecule has 1 aliphatic carbocycles. The monoisotopic (exact) mass is 240 g/mol. The molecular weight excluding hydrogens is 212 g/mol. The number of ether oxygens (including phenoxy) is 1. The van der Waals surface area contributed by atoms with Gasteiger partial charge < -0.3 is 4.74 Å². The summed E-state index contributed by atoms with van der Waals surface area (Å²) in [4.78, 5) is 11.7. The van der Waals surface area contributed by atoms with E-state index in [1.807, 2.05) is 20.8 Å². The van der Waals surface area contributed by atoms with Gasteiger partial charge in [-0.25, -0.2) is 0 Å². The zero-order chi connectivity index (χ0) is 13.1. The van der Waals surface area contributed by atoms with E-state index < -0.39 is 0 Å². The summed E-state index contributed by atoms with van der Waals surface area (Å²) in [6.07, 6.45) is 5.57. The normalized spacial score (nSPS) is 26.0. The molecule has 0 unspecified atom stereocenters. The Balaban J connectivity index is 2.29. The van der Waals surface area contributed by atoms with Gasteiger partial charge in [-0.05, 0) is 64.2 Å². The number of esters is 1. The molecule has 0 spiro atoms. The Morgan fingerprint density at radius 2 is 1.71 bits per heavy atom. The number of rotatable bonds is 3. The van der Waals surface area contributed by atoms with E-state index in [-0.39, 0.29) is 11.6 Å². The lowest BCUT2D eigenvalue weighted by molar-refractivity contribution is -0.156. The van der Waals surface area contributed by atoms with Crippen molar-refractivity contribution in [3.05, 3.63) is 0 Å². The molecule has 0 radical (unpaired) electrons. The average Bonchev–Trinajstić information content (AvgIpc) is 2.15. The van der Waals surface area contributed by atoms with Crippen LogP contribution in [0.15, 0.2) is 0 Å². The Bertz CT molecular complexity index is 242. The third-order valence-electron chi connectivity index (χ3n) is 3.71. The first kappa shape index (κ1) is 14.5. The maximum atomic E-state index is 11.7. The van der Waals surface area contributed by atoms with Crippen molar-refractivity contribution in [2.75, 3.05) is 0 Å². The molecule has 100 valence electrons. The van der Waals surface area contributed by atoms with Gasteiger partial charge in [0.2, 0.25) is 0 Å². The molecule has 0 aromatic heterocycles. The van der Waals surface area contributed by atoms with E-state index >= 15 is 0 Å². The molecule has 0 saturated heterocycles. The molecule has 1 fully saturated rings. The van der Waals surface area contributed by atoms with Gasteiger partial charge in [0, 0.05) is 6.42 Å². The molecule has 0 atom stereocenters. The van der Waals surface area contributed by atoms with Crippen molar-refractivity contribution >= 4 is 5.97 Å². The molecule has 0 amide bonds. The van der Waals surface area contributed by atoms with Crippen molar-refractivity contribution in [3.8, 4) is 0 Å². The van der Waals surface area contributed by atoms with Crippen LogP contribution < -0.4 is 0 Å². The maximum Gasteiger partial charge on any atom is 0.306 e. The van der Waals surface area contributed by atoms with Crippen molar-refractivity contribution < 1.29 is 9.53 Å². The number of hydrogen-bond donors (Lipinski definition) is 0. The first-order valence-corrected chi connectivity index (χ1v) is 7.00. The van der Waals surface area contributed by atoms with Gasteiger partial charge in [-0.2, -0.15) is 0 Å². The van der Waals surface area contributed by atoms with Gasteiger partial charge >= 0.3 is 5.97 Å². The zero-order valence-electron chi connectivity index (χ0n) is 12.1. The topological polar surface area (TPSA) is 26.3 Å². The van der Waals surface area contributed by atoms with Crippen LogP contribution in [0.4, 0.5) is 0 Å². The van der Waals surface area contributed by atoms with Crippen LogP contribution in [0.1, 0.15) is 66.7 Å². The molecule has 0 heterocycles. The molecule has 0 aliphatic heterocycles. The fourth-order valence-electron chi connectivity index (χ4n) is 2.68. The van der Waals surface area contributed by atoms with Gasteiger partial charge in [0.25, 0.3) is 0 Å². The highest BCUT2D eigenvalue weighted by Gasteiger charge is 2.26. The molecule has 0 bridgehead atoms. The van der Waals surface area contributed by atoms with E-state index in [0.29, 0.717) is 12.3 Å². The zero-order valence-corrected chi connectivity index (χ0v) is 12.1. The number of hydrogen-bond acceptors (Lipinski definition) is 2. The van der Waals surface area contributed by atoms with Crippen LogP contribution in [-0.4, -0.2) is 11.6 Å². The molecule has 0 aromatic carbocycles. The summed E-state index contributed by atoms with van der Waals surface area (Å²) in [5.74, 6) is 2.19. The molecule has 2 nitrogen and oxygen atoms in total. The third-order valence-corrected chi connectivity index (χ3v) is 3.71. The fourth-order valence-corrected chi connectivity index (χ4v) is 2.68. The van der Waals surface area contributed by atoms with Crippen LogP contribution in [0.3, 0.4) is 0 Å². The molecule has 2 heteroatoms. The largest absolute Gasteiger partial charge is 0.460 e. The van der Waals surface area contributed by atoms with Crippen molar-refractivity contribution in [2.45, 2.75) is 72.3 Å². The minimum atomic E-state index is -0.341. The van der Waals surface area contributed by atoms with Crippen LogP contribution in [0, 0.1) is 17.8 Å². The van der Waals surface area contributed by atoms with Gasteiger partial charge in [-0.1, -0.05) is 13.8 Å². The van der Waals surface area contributed by atoms with Gasteiger partial charge in [0.15, 0.2) is 0 Å². The van der Waals surface area contributed by atoms with Crippen molar-refractivity contribution in [3.63, 3.8) is 0 Å². The predicted molar refractivity (Wildman–Crippen MR) is 70.7 cm³/mol. The quantitative estimate of drug-likeness (QED) is 0.692. The molecule has 1 rings (SSSR count). The second-order valence-electron chi connectivity index (χ2n) is 6.82.